The predicted molar refractivity (Wildman–Crippen MR) is 90.5 cm³/mol. The Labute approximate surface area is 137 Å². The summed E-state index contributed by atoms with van der Waals surface area (Å²) in [5.74, 6) is 2.57. The van der Waals surface area contributed by atoms with Gasteiger partial charge in [-0.05, 0) is 11.5 Å². The van der Waals surface area contributed by atoms with Gasteiger partial charge < -0.3 is 14.4 Å². The van der Waals surface area contributed by atoms with E-state index in [9.17, 15) is 4.79 Å². The van der Waals surface area contributed by atoms with Gasteiger partial charge in [-0.2, -0.15) is 0 Å². The van der Waals surface area contributed by atoms with Crippen LogP contribution in [0.3, 0.4) is 0 Å². The van der Waals surface area contributed by atoms with E-state index in [-0.39, 0.29) is 16.7 Å². The largest absolute Gasteiger partial charge is 0.493 e. The van der Waals surface area contributed by atoms with Crippen molar-refractivity contribution in [3.63, 3.8) is 0 Å². The number of hydrogen-bond donors (Lipinski definition) is 0. The van der Waals surface area contributed by atoms with E-state index in [1.165, 1.54) is 0 Å². The lowest BCUT2D eigenvalue weighted by molar-refractivity contribution is -0.133. The number of amides is 1. The van der Waals surface area contributed by atoms with Crippen molar-refractivity contribution in [2.45, 2.75) is 32.6 Å². The van der Waals surface area contributed by atoms with Gasteiger partial charge in [-0.25, -0.2) is 0 Å². The van der Waals surface area contributed by atoms with Gasteiger partial charge in [0.2, 0.25) is 5.91 Å². The van der Waals surface area contributed by atoms with E-state index in [0.29, 0.717) is 12.2 Å². The Balaban J connectivity index is 2.29. The van der Waals surface area contributed by atoms with Crippen LogP contribution in [0.5, 0.6) is 11.5 Å². The first kappa shape index (κ1) is 17.0. The molecule has 1 amide bonds. The number of benzene rings is 1. The third-order valence-electron chi connectivity index (χ3n) is 3.59. The van der Waals surface area contributed by atoms with Crippen LogP contribution in [0.15, 0.2) is 18.2 Å². The first-order valence-electron chi connectivity index (χ1n) is 7.49. The Morgan fingerprint density at radius 2 is 2.05 bits per heavy atom. The minimum Gasteiger partial charge on any atom is -0.493 e. The van der Waals surface area contributed by atoms with Crippen LogP contribution in [0.4, 0.5) is 0 Å². The van der Waals surface area contributed by atoms with E-state index >= 15 is 0 Å². The minimum absolute atomic E-state index is 0.0000926. The summed E-state index contributed by atoms with van der Waals surface area (Å²) >= 11 is 1.78. The molecule has 0 aliphatic carbocycles. The molecule has 1 atom stereocenters. The summed E-state index contributed by atoms with van der Waals surface area (Å²) < 4.78 is 10.9. The molecule has 1 aromatic carbocycles. The number of carbonyl (C=O) groups excluding carboxylic acids is 1. The maximum Gasteiger partial charge on any atom is 0.224 e. The number of methoxy groups -OCH3 is 2. The average molecular weight is 323 g/mol. The van der Waals surface area contributed by atoms with Crippen LogP contribution in [0, 0.1) is 5.41 Å². The molecule has 0 aromatic heterocycles. The molecule has 1 heterocycles. The molecule has 0 unspecified atom stereocenters. The number of para-hydroxylation sites is 1. The van der Waals surface area contributed by atoms with Crippen LogP contribution < -0.4 is 9.47 Å². The third kappa shape index (κ3) is 3.69. The van der Waals surface area contributed by atoms with Gasteiger partial charge in [0.15, 0.2) is 11.5 Å². The van der Waals surface area contributed by atoms with Crippen LogP contribution in [-0.2, 0) is 4.79 Å². The van der Waals surface area contributed by atoms with Crippen molar-refractivity contribution in [3.8, 4) is 11.5 Å². The van der Waals surface area contributed by atoms with Crippen molar-refractivity contribution in [3.05, 3.63) is 23.8 Å². The van der Waals surface area contributed by atoms with E-state index in [1.54, 1.807) is 26.0 Å². The van der Waals surface area contributed by atoms with Crippen molar-refractivity contribution < 1.29 is 14.3 Å². The summed E-state index contributed by atoms with van der Waals surface area (Å²) in [7, 11) is 3.27. The van der Waals surface area contributed by atoms with Crippen LogP contribution in [0.1, 0.15) is 38.1 Å². The van der Waals surface area contributed by atoms with Gasteiger partial charge >= 0.3 is 0 Å². The second kappa shape index (κ2) is 6.82. The number of rotatable bonds is 4. The number of ether oxygens (including phenoxy) is 2. The van der Waals surface area contributed by atoms with Gasteiger partial charge in [0.1, 0.15) is 5.37 Å². The Morgan fingerprint density at radius 3 is 2.64 bits per heavy atom. The standard InChI is InChI=1S/C17H25NO3S/c1-17(2,3)11-14(19)18-9-10-22-16(18)12-7-6-8-13(20-4)15(12)21-5/h6-8,16H,9-11H2,1-5H3/t16-/m0/s1. The van der Waals surface area contributed by atoms with E-state index in [0.717, 1.165) is 23.6 Å². The Hall–Kier alpha value is -1.36. The van der Waals surface area contributed by atoms with Gasteiger partial charge in [-0.15, -0.1) is 11.8 Å². The molecular formula is C17H25NO3S. The summed E-state index contributed by atoms with van der Waals surface area (Å²) in [4.78, 5) is 14.6. The molecule has 1 aliphatic heterocycles. The highest BCUT2D eigenvalue weighted by Gasteiger charge is 2.34. The van der Waals surface area contributed by atoms with Crippen LogP contribution in [0.25, 0.3) is 0 Å². The Bertz CT molecular complexity index is 539. The van der Waals surface area contributed by atoms with E-state index < -0.39 is 0 Å². The Morgan fingerprint density at radius 1 is 1.32 bits per heavy atom. The molecule has 122 valence electrons. The summed E-state index contributed by atoms with van der Waals surface area (Å²) in [5.41, 5.74) is 1.000. The van der Waals surface area contributed by atoms with Crippen LogP contribution in [0.2, 0.25) is 0 Å². The highest BCUT2D eigenvalue weighted by molar-refractivity contribution is 7.99. The fourth-order valence-corrected chi connectivity index (χ4v) is 3.94. The number of nitrogens with zero attached hydrogens (tertiary/aromatic N) is 1. The summed E-state index contributed by atoms with van der Waals surface area (Å²) in [6, 6.07) is 5.84. The van der Waals surface area contributed by atoms with Gasteiger partial charge in [-0.1, -0.05) is 32.9 Å². The zero-order valence-electron chi connectivity index (χ0n) is 14.0. The third-order valence-corrected chi connectivity index (χ3v) is 4.83. The van der Waals surface area contributed by atoms with Crippen molar-refractivity contribution in [2.75, 3.05) is 26.5 Å². The van der Waals surface area contributed by atoms with Gasteiger partial charge in [0, 0.05) is 24.3 Å². The van der Waals surface area contributed by atoms with Crippen molar-refractivity contribution in [1.82, 2.24) is 4.90 Å². The zero-order chi connectivity index (χ0) is 16.3. The number of hydrogen-bond acceptors (Lipinski definition) is 4. The van der Waals surface area contributed by atoms with E-state index in [2.05, 4.69) is 20.8 Å². The van der Waals surface area contributed by atoms with Crippen molar-refractivity contribution >= 4 is 17.7 Å². The van der Waals surface area contributed by atoms with Crippen LogP contribution in [-0.4, -0.2) is 37.3 Å². The lowest BCUT2D eigenvalue weighted by atomic mass is 9.91. The molecular weight excluding hydrogens is 298 g/mol. The topological polar surface area (TPSA) is 38.8 Å². The molecule has 2 rings (SSSR count). The fraction of sp³-hybridized carbons (Fsp3) is 0.588. The monoisotopic (exact) mass is 323 g/mol. The predicted octanol–water partition coefficient (Wildman–Crippen LogP) is 3.71. The summed E-state index contributed by atoms with van der Waals surface area (Å²) in [6.45, 7) is 7.06. The lowest BCUT2D eigenvalue weighted by Gasteiger charge is -2.28. The maximum absolute atomic E-state index is 12.6. The SMILES string of the molecule is COc1cccc([C@@H]2SCCN2C(=O)CC(C)(C)C)c1OC. The smallest absolute Gasteiger partial charge is 0.224 e. The van der Waals surface area contributed by atoms with Crippen LogP contribution >= 0.6 is 11.8 Å². The van der Waals surface area contributed by atoms with Gasteiger partial charge in [0.05, 0.1) is 14.2 Å². The Kier molecular flexibility index (Phi) is 5.27. The van der Waals surface area contributed by atoms with E-state index in [1.807, 2.05) is 23.1 Å². The molecule has 4 nitrogen and oxygen atoms in total. The normalized spacial score (nSPS) is 18.4. The molecule has 1 fully saturated rings. The molecule has 1 aliphatic rings. The number of thioether (sulfide) groups is 1. The molecule has 1 saturated heterocycles. The molecule has 0 bridgehead atoms. The first-order chi connectivity index (χ1) is 10.4. The van der Waals surface area contributed by atoms with Crippen molar-refractivity contribution in [1.29, 1.82) is 0 Å². The highest BCUT2D eigenvalue weighted by atomic mass is 32.2. The maximum atomic E-state index is 12.6. The quantitative estimate of drug-likeness (QED) is 0.846. The lowest BCUT2D eigenvalue weighted by Crippen LogP contribution is -2.33. The van der Waals surface area contributed by atoms with Gasteiger partial charge in [-0.3, -0.25) is 4.79 Å². The first-order valence-corrected chi connectivity index (χ1v) is 8.54. The molecule has 0 radical (unpaired) electrons. The van der Waals surface area contributed by atoms with Crippen molar-refractivity contribution in [2.24, 2.45) is 5.41 Å². The molecule has 22 heavy (non-hydrogen) atoms. The summed E-state index contributed by atoms with van der Waals surface area (Å²) in [6.07, 6.45) is 0.552. The highest BCUT2D eigenvalue weighted by Crippen LogP contribution is 2.45. The second-order valence-corrected chi connectivity index (χ2v) is 7.82. The zero-order valence-corrected chi connectivity index (χ0v) is 14.8. The minimum atomic E-state index is -0.00659. The molecule has 1 aromatic rings. The number of carbonyl (C=O) groups is 1. The summed E-state index contributed by atoms with van der Waals surface area (Å²) in [5, 5.41) is -0.0000926. The molecule has 0 N–H and O–H groups in total. The van der Waals surface area contributed by atoms with E-state index in [4.69, 9.17) is 9.47 Å². The second-order valence-electron chi connectivity index (χ2n) is 6.63. The fourth-order valence-electron chi connectivity index (χ4n) is 2.64. The molecule has 0 saturated carbocycles. The van der Waals surface area contributed by atoms with Gasteiger partial charge in [0.25, 0.3) is 0 Å². The molecule has 0 spiro atoms. The molecule has 5 heteroatoms. The average Bonchev–Trinajstić information content (AvgIpc) is 2.93.